The third kappa shape index (κ3) is 4.08. The lowest BCUT2D eigenvalue weighted by atomic mass is 10.2. The zero-order valence-electron chi connectivity index (χ0n) is 13.6. The highest BCUT2D eigenvalue weighted by molar-refractivity contribution is 7.99. The molecule has 0 unspecified atom stereocenters. The summed E-state index contributed by atoms with van der Waals surface area (Å²) in [5.74, 6) is 0.903. The lowest BCUT2D eigenvalue weighted by molar-refractivity contribution is -0.118. The fourth-order valence-electron chi connectivity index (χ4n) is 2.29. The minimum Gasteiger partial charge on any atom is -0.461 e. The summed E-state index contributed by atoms with van der Waals surface area (Å²) in [7, 11) is 0. The van der Waals surface area contributed by atoms with Crippen LogP contribution in [0, 0.1) is 5.82 Å². The molecule has 0 saturated heterocycles. The van der Waals surface area contributed by atoms with Gasteiger partial charge in [0.15, 0.2) is 16.7 Å². The summed E-state index contributed by atoms with van der Waals surface area (Å²) in [5, 5.41) is 11.6. The molecule has 1 aromatic carbocycles. The third-order valence-electron chi connectivity index (χ3n) is 3.54. The van der Waals surface area contributed by atoms with Gasteiger partial charge in [0.05, 0.1) is 12.0 Å². The minimum atomic E-state index is -0.329. The summed E-state index contributed by atoms with van der Waals surface area (Å²) in [6.07, 6.45) is 1.58. The summed E-state index contributed by atoms with van der Waals surface area (Å²) < 4.78 is 20.8. The third-order valence-corrected chi connectivity index (χ3v) is 4.51. The number of aromatic nitrogens is 3. The Hall–Kier alpha value is -2.61. The van der Waals surface area contributed by atoms with Crippen molar-refractivity contribution in [3.63, 3.8) is 0 Å². The van der Waals surface area contributed by atoms with Gasteiger partial charge in [0.1, 0.15) is 5.82 Å². The van der Waals surface area contributed by atoms with E-state index in [-0.39, 0.29) is 24.0 Å². The first-order valence-electron chi connectivity index (χ1n) is 7.79. The van der Waals surface area contributed by atoms with Gasteiger partial charge in [-0.2, -0.15) is 0 Å². The van der Waals surface area contributed by atoms with Gasteiger partial charge in [-0.1, -0.05) is 30.0 Å². The normalized spacial score (nSPS) is 10.8. The summed E-state index contributed by atoms with van der Waals surface area (Å²) in [5.41, 5.74) is 0.456. The zero-order valence-corrected chi connectivity index (χ0v) is 14.4. The molecule has 8 heteroatoms. The van der Waals surface area contributed by atoms with Gasteiger partial charge in [-0.3, -0.25) is 9.36 Å². The standard InChI is InChI=1S/C17H17FN4O2S/c1-2-22-16(14-8-5-9-24-14)20-21-17(22)25-11-15(23)19-10-12-6-3-4-7-13(12)18/h3-9H,2,10-11H2,1H3,(H,19,23). The van der Waals surface area contributed by atoms with Crippen molar-refractivity contribution in [2.75, 3.05) is 5.75 Å². The SMILES string of the molecule is CCn1c(SCC(=O)NCc2ccccc2F)nnc1-c1ccco1. The van der Waals surface area contributed by atoms with E-state index in [1.165, 1.54) is 17.8 Å². The predicted octanol–water partition coefficient (Wildman–Crippen LogP) is 3.11. The Bertz CT molecular complexity index is 848. The maximum absolute atomic E-state index is 13.5. The van der Waals surface area contributed by atoms with Crippen LogP contribution in [0.3, 0.4) is 0 Å². The number of furan rings is 1. The van der Waals surface area contributed by atoms with Crippen LogP contribution >= 0.6 is 11.8 Å². The Balaban J connectivity index is 1.58. The Morgan fingerprint density at radius 2 is 2.12 bits per heavy atom. The van der Waals surface area contributed by atoms with Crippen LogP contribution in [0.5, 0.6) is 0 Å². The van der Waals surface area contributed by atoms with Crippen molar-refractivity contribution in [3.05, 3.63) is 54.0 Å². The number of benzene rings is 1. The first kappa shape index (κ1) is 17.2. The summed E-state index contributed by atoms with van der Waals surface area (Å²) in [4.78, 5) is 12.0. The number of hydrogen-bond acceptors (Lipinski definition) is 5. The van der Waals surface area contributed by atoms with Crippen LogP contribution in [0.2, 0.25) is 0 Å². The molecule has 1 N–H and O–H groups in total. The van der Waals surface area contributed by atoms with Crippen molar-refractivity contribution in [3.8, 4) is 11.6 Å². The van der Waals surface area contributed by atoms with E-state index in [4.69, 9.17) is 4.42 Å². The molecular formula is C17H17FN4O2S. The lowest BCUT2D eigenvalue weighted by Crippen LogP contribution is -2.25. The number of carbonyl (C=O) groups is 1. The Morgan fingerprint density at radius 3 is 2.84 bits per heavy atom. The van der Waals surface area contributed by atoms with Gasteiger partial charge in [0, 0.05) is 18.7 Å². The van der Waals surface area contributed by atoms with Gasteiger partial charge in [-0.05, 0) is 25.1 Å². The van der Waals surface area contributed by atoms with E-state index in [0.717, 1.165) is 0 Å². The van der Waals surface area contributed by atoms with Gasteiger partial charge in [0.25, 0.3) is 0 Å². The number of rotatable bonds is 7. The van der Waals surface area contributed by atoms with Crippen molar-refractivity contribution < 1.29 is 13.6 Å². The summed E-state index contributed by atoms with van der Waals surface area (Å²) >= 11 is 1.28. The van der Waals surface area contributed by atoms with E-state index in [1.54, 1.807) is 30.5 Å². The van der Waals surface area contributed by atoms with Gasteiger partial charge in [-0.15, -0.1) is 10.2 Å². The van der Waals surface area contributed by atoms with Crippen molar-refractivity contribution in [1.82, 2.24) is 20.1 Å². The molecule has 2 aromatic heterocycles. The second-order valence-corrected chi connectivity index (χ2v) is 6.13. The highest BCUT2D eigenvalue weighted by Gasteiger charge is 2.16. The van der Waals surface area contributed by atoms with E-state index in [1.807, 2.05) is 17.6 Å². The monoisotopic (exact) mass is 360 g/mol. The number of nitrogens with zero attached hydrogens (tertiary/aromatic N) is 3. The van der Waals surface area contributed by atoms with Gasteiger partial charge < -0.3 is 9.73 Å². The Kier molecular flexibility index (Phi) is 5.49. The lowest BCUT2D eigenvalue weighted by Gasteiger charge is -2.07. The second kappa shape index (κ2) is 7.98. The number of thioether (sulfide) groups is 1. The minimum absolute atomic E-state index is 0.157. The van der Waals surface area contributed by atoms with Crippen molar-refractivity contribution in [2.24, 2.45) is 0 Å². The summed E-state index contributed by atoms with van der Waals surface area (Å²) in [6, 6.07) is 9.96. The van der Waals surface area contributed by atoms with Crippen molar-refractivity contribution in [2.45, 2.75) is 25.2 Å². The molecule has 0 aliphatic rings. The van der Waals surface area contributed by atoms with Crippen LogP contribution in [0.4, 0.5) is 4.39 Å². The maximum Gasteiger partial charge on any atom is 0.230 e. The molecule has 3 rings (SSSR count). The van der Waals surface area contributed by atoms with Crippen LogP contribution in [0.1, 0.15) is 12.5 Å². The van der Waals surface area contributed by atoms with Gasteiger partial charge in [0.2, 0.25) is 5.91 Å². The number of amides is 1. The fourth-order valence-corrected chi connectivity index (χ4v) is 3.12. The molecule has 0 fully saturated rings. The molecule has 0 aliphatic heterocycles. The molecule has 0 atom stereocenters. The van der Waals surface area contributed by atoms with E-state index in [9.17, 15) is 9.18 Å². The van der Waals surface area contributed by atoms with Crippen molar-refractivity contribution >= 4 is 17.7 Å². The zero-order chi connectivity index (χ0) is 17.6. The second-order valence-electron chi connectivity index (χ2n) is 5.18. The van der Waals surface area contributed by atoms with Crippen LogP contribution in [-0.4, -0.2) is 26.4 Å². The molecule has 0 saturated carbocycles. The molecule has 2 heterocycles. The average molecular weight is 360 g/mol. The van der Waals surface area contributed by atoms with Crippen LogP contribution < -0.4 is 5.32 Å². The average Bonchev–Trinajstić information content (AvgIpc) is 3.28. The molecule has 3 aromatic rings. The first-order valence-corrected chi connectivity index (χ1v) is 8.77. The molecular weight excluding hydrogens is 343 g/mol. The smallest absolute Gasteiger partial charge is 0.230 e. The summed E-state index contributed by atoms with van der Waals surface area (Å²) in [6.45, 7) is 2.78. The number of nitrogens with one attached hydrogen (secondary N) is 1. The molecule has 130 valence electrons. The number of halogens is 1. The largest absolute Gasteiger partial charge is 0.461 e. The predicted molar refractivity (Wildman–Crippen MR) is 92.4 cm³/mol. The van der Waals surface area contributed by atoms with Crippen LogP contribution in [-0.2, 0) is 17.9 Å². The van der Waals surface area contributed by atoms with E-state index >= 15 is 0 Å². The van der Waals surface area contributed by atoms with Gasteiger partial charge in [-0.25, -0.2) is 4.39 Å². The fraction of sp³-hybridized carbons (Fsp3) is 0.235. The van der Waals surface area contributed by atoms with Crippen LogP contribution in [0.25, 0.3) is 11.6 Å². The number of hydrogen-bond donors (Lipinski definition) is 1. The Morgan fingerprint density at radius 1 is 1.28 bits per heavy atom. The van der Waals surface area contributed by atoms with Crippen LogP contribution in [0.15, 0.2) is 52.2 Å². The van der Waals surface area contributed by atoms with E-state index in [2.05, 4.69) is 15.5 Å². The van der Waals surface area contributed by atoms with E-state index < -0.39 is 0 Å². The van der Waals surface area contributed by atoms with E-state index in [0.29, 0.717) is 28.8 Å². The molecule has 0 spiro atoms. The topological polar surface area (TPSA) is 73.0 Å². The highest BCUT2D eigenvalue weighted by atomic mass is 32.2. The molecule has 0 aliphatic carbocycles. The quantitative estimate of drug-likeness (QED) is 0.656. The molecule has 0 bridgehead atoms. The maximum atomic E-state index is 13.5. The van der Waals surface area contributed by atoms with Crippen molar-refractivity contribution in [1.29, 1.82) is 0 Å². The molecule has 6 nitrogen and oxygen atoms in total. The Labute approximate surface area is 148 Å². The number of carbonyl (C=O) groups excluding carboxylic acids is 1. The molecule has 0 radical (unpaired) electrons. The first-order chi connectivity index (χ1) is 12.2. The molecule has 1 amide bonds. The van der Waals surface area contributed by atoms with Gasteiger partial charge >= 0.3 is 0 Å². The molecule has 25 heavy (non-hydrogen) atoms. The highest BCUT2D eigenvalue weighted by Crippen LogP contribution is 2.24.